The summed E-state index contributed by atoms with van der Waals surface area (Å²) in [5.74, 6) is 0.924. The van der Waals surface area contributed by atoms with Crippen LogP contribution < -0.4 is 10.5 Å². The number of amides is 2. The maximum Gasteiger partial charge on any atom is 0.227 e. The van der Waals surface area contributed by atoms with Crippen LogP contribution in [0.25, 0.3) is 0 Å². The maximum absolute atomic E-state index is 13.1. The Bertz CT molecular complexity index is 699. The summed E-state index contributed by atoms with van der Waals surface area (Å²) in [5, 5.41) is 0. The molecule has 3 rings (SSSR count). The highest BCUT2D eigenvalue weighted by Gasteiger charge is 2.32. The van der Waals surface area contributed by atoms with Gasteiger partial charge >= 0.3 is 0 Å². The van der Waals surface area contributed by atoms with Gasteiger partial charge < -0.3 is 20.3 Å². The molecule has 0 spiro atoms. The van der Waals surface area contributed by atoms with Gasteiger partial charge in [-0.15, -0.1) is 24.8 Å². The summed E-state index contributed by atoms with van der Waals surface area (Å²) in [4.78, 5) is 30.9. The summed E-state index contributed by atoms with van der Waals surface area (Å²) in [7, 11) is 1.69. The molecule has 2 heterocycles. The van der Waals surface area contributed by atoms with E-state index in [9.17, 15) is 9.59 Å². The summed E-state index contributed by atoms with van der Waals surface area (Å²) in [5.41, 5.74) is 7.25. The lowest BCUT2D eigenvalue weighted by molar-refractivity contribution is -0.139. The summed E-state index contributed by atoms with van der Waals surface area (Å²) in [6.45, 7) is 6.53. The van der Waals surface area contributed by atoms with E-state index in [1.807, 2.05) is 23.1 Å². The standard InChI is InChI=1S/C21H32N4O3.2ClH/c1-16(26)25-14-18(7-8-19(22)15-25)21(27)24-11-9-23(10-12-24)13-17-5-3-4-6-20(17)28-2;;/h3-6,18-19H,7-15,22H2,1-2H3;2*1H/t18-,19+;;/m1../s1. The monoisotopic (exact) mass is 460 g/mol. The van der Waals surface area contributed by atoms with Crippen molar-refractivity contribution in [3.8, 4) is 5.75 Å². The molecular formula is C21H34Cl2N4O3. The van der Waals surface area contributed by atoms with Crippen molar-refractivity contribution in [2.24, 2.45) is 11.7 Å². The molecule has 2 aliphatic heterocycles. The van der Waals surface area contributed by atoms with Crippen molar-refractivity contribution in [1.82, 2.24) is 14.7 Å². The third-order valence-electron chi connectivity index (χ3n) is 5.85. The first-order chi connectivity index (χ1) is 13.5. The molecule has 2 N–H and O–H groups in total. The molecule has 2 amide bonds. The van der Waals surface area contributed by atoms with E-state index < -0.39 is 0 Å². The highest BCUT2D eigenvalue weighted by Crippen LogP contribution is 2.22. The number of rotatable bonds is 4. The smallest absolute Gasteiger partial charge is 0.227 e. The zero-order valence-electron chi connectivity index (χ0n) is 17.8. The Morgan fingerprint density at radius 2 is 1.70 bits per heavy atom. The molecule has 2 aliphatic rings. The average Bonchev–Trinajstić information content (AvgIpc) is 2.90. The number of methoxy groups -OCH3 is 1. The molecule has 1 aromatic rings. The minimum absolute atomic E-state index is 0. The van der Waals surface area contributed by atoms with E-state index in [4.69, 9.17) is 10.5 Å². The number of nitrogens with two attached hydrogens (primary N) is 1. The molecule has 0 aromatic heterocycles. The second kappa shape index (κ2) is 12.3. The molecule has 7 nitrogen and oxygen atoms in total. The maximum atomic E-state index is 13.1. The summed E-state index contributed by atoms with van der Waals surface area (Å²) < 4.78 is 5.44. The van der Waals surface area contributed by atoms with E-state index >= 15 is 0 Å². The summed E-state index contributed by atoms with van der Waals surface area (Å²) in [6.07, 6.45) is 1.54. The average molecular weight is 461 g/mol. The molecular weight excluding hydrogens is 427 g/mol. The van der Waals surface area contributed by atoms with Gasteiger partial charge in [-0.25, -0.2) is 0 Å². The summed E-state index contributed by atoms with van der Waals surface area (Å²) in [6, 6.07) is 8.02. The Morgan fingerprint density at radius 1 is 1.03 bits per heavy atom. The van der Waals surface area contributed by atoms with Crippen LogP contribution in [0, 0.1) is 5.92 Å². The number of carbonyl (C=O) groups excluding carboxylic acids is 2. The lowest BCUT2D eigenvalue weighted by atomic mass is 10.00. The number of ether oxygens (including phenoxy) is 1. The first kappa shape index (κ1) is 26.5. The van der Waals surface area contributed by atoms with Crippen molar-refractivity contribution in [3.05, 3.63) is 29.8 Å². The molecule has 0 unspecified atom stereocenters. The van der Waals surface area contributed by atoms with Gasteiger partial charge in [0.15, 0.2) is 0 Å². The van der Waals surface area contributed by atoms with E-state index in [-0.39, 0.29) is 48.6 Å². The summed E-state index contributed by atoms with van der Waals surface area (Å²) >= 11 is 0. The third-order valence-corrected chi connectivity index (χ3v) is 5.85. The SMILES string of the molecule is COc1ccccc1CN1CCN(C(=O)[C@@H]2CC[C@H](N)CN(C(C)=O)C2)CC1.Cl.Cl. The Hall–Kier alpha value is -1.54. The normalized spacial score (nSPS) is 22.4. The van der Waals surface area contributed by atoms with Crippen LogP contribution in [-0.4, -0.2) is 78.9 Å². The fourth-order valence-corrected chi connectivity index (χ4v) is 4.14. The first-order valence-electron chi connectivity index (χ1n) is 10.1. The molecule has 1 aromatic carbocycles. The van der Waals surface area contributed by atoms with Crippen LogP contribution in [0.1, 0.15) is 25.3 Å². The van der Waals surface area contributed by atoms with Gasteiger partial charge in [0.05, 0.1) is 13.0 Å². The molecule has 2 fully saturated rings. The quantitative estimate of drug-likeness (QED) is 0.740. The van der Waals surface area contributed by atoms with E-state index in [1.54, 1.807) is 18.9 Å². The minimum atomic E-state index is -0.141. The van der Waals surface area contributed by atoms with Crippen LogP contribution in [-0.2, 0) is 16.1 Å². The van der Waals surface area contributed by atoms with Gasteiger partial charge in [0, 0.05) is 64.3 Å². The second-order valence-corrected chi connectivity index (χ2v) is 7.87. The number of likely N-dealkylation sites (tertiary alicyclic amines) is 1. The van der Waals surface area contributed by atoms with E-state index in [0.717, 1.165) is 51.3 Å². The molecule has 9 heteroatoms. The lowest BCUT2D eigenvalue weighted by Gasteiger charge is -2.37. The van der Waals surface area contributed by atoms with Crippen LogP contribution in [0.3, 0.4) is 0 Å². The fourth-order valence-electron chi connectivity index (χ4n) is 4.14. The highest BCUT2D eigenvalue weighted by atomic mass is 35.5. The number of hydrogen-bond acceptors (Lipinski definition) is 5. The third kappa shape index (κ3) is 6.74. The zero-order chi connectivity index (χ0) is 20.1. The van der Waals surface area contributed by atoms with Crippen LogP contribution in [0.5, 0.6) is 5.75 Å². The Morgan fingerprint density at radius 3 is 2.33 bits per heavy atom. The zero-order valence-corrected chi connectivity index (χ0v) is 19.4. The molecule has 0 saturated carbocycles. The van der Waals surface area contributed by atoms with Crippen molar-refractivity contribution < 1.29 is 14.3 Å². The van der Waals surface area contributed by atoms with Gasteiger partial charge in [-0.05, 0) is 18.9 Å². The van der Waals surface area contributed by atoms with Gasteiger partial charge in [-0.3, -0.25) is 14.5 Å². The predicted molar refractivity (Wildman–Crippen MR) is 122 cm³/mol. The number of nitrogens with zero attached hydrogens (tertiary/aromatic N) is 3. The first-order valence-corrected chi connectivity index (χ1v) is 10.1. The van der Waals surface area contributed by atoms with Crippen LogP contribution in [0.2, 0.25) is 0 Å². The molecule has 0 bridgehead atoms. The van der Waals surface area contributed by atoms with E-state index in [2.05, 4.69) is 11.0 Å². The van der Waals surface area contributed by atoms with Gasteiger partial charge in [-0.1, -0.05) is 18.2 Å². The largest absolute Gasteiger partial charge is 0.496 e. The number of benzene rings is 1. The van der Waals surface area contributed by atoms with E-state index in [0.29, 0.717) is 13.1 Å². The van der Waals surface area contributed by atoms with Gasteiger partial charge in [0.25, 0.3) is 0 Å². The van der Waals surface area contributed by atoms with Gasteiger partial charge in [0.1, 0.15) is 5.75 Å². The minimum Gasteiger partial charge on any atom is -0.496 e. The van der Waals surface area contributed by atoms with Gasteiger partial charge in [-0.2, -0.15) is 0 Å². The number of piperazine rings is 1. The van der Waals surface area contributed by atoms with Crippen LogP contribution in [0.4, 0.5) is 0 Å². The Balaban J connectivity index is 0.00000225. The number of hydrogen-bond donors (Lipinski definition) is 1. The molecule has 2 atom stereocenters. The molecule has 2 saturated heterocycles. The number of para-hydroxylation sites is 1. The molecule has 0 radical (unpaired) electrons. The van der Waals surface area contributed by atoms with Crippen molar-refractivity contribution in [3.63, 3.8) is 0 Å². The number of halogens is 2. The van der Waals surface area contributed by atoms with Gasteiger partial charge in [0.2, 0.25) is 11.8 Å². The topological polar surface area (TPSA) is 79.1 Å². The second-order valence-electron chi connectivity index (χ2n) is 7.87. The predicted octanol–water partition coefficient (Wildman–Crippen LogP) is 1.77. The van der Waals surface area contributed by atoms with Crippen molar-refractivity contribution in [1.29, 1.82) is 0 Å². The Kier molecular flexibility index (Phi) is 10.9. The van der Waals surface area contributed by atoms with Crippen molar-refractivity contribution in [2.75, 3.05) is 46.4 Å². The van der Waals surface area contributed by atoms with E-state index in [1.165, 1.54) is 5.56 Å². The van der Waals surface area contributed by atoms with Crippen LogP contribution >= 0.6 is 24.8 Å². The Labute approximate surface area is 191 Å². The van der Waals surface area contributed by atoms with Crippen molar-refractivity contribution >= 4 is 36.6 Å². The molecule has 0 aliphatic carbocycles. The highest BCUT2D eigenvalue weighted by molar-refractivity contribution is 5.85. The fraction of sp³-hybridized carbons (Fsp3) is 0.619. The lowest BCUT2D eigenvalue weighted by Crippen LogP contribution is -2.51. The molecule has 170 valence electrons. The van der Waals surface area contributed by atoms with Crippen LogP contribution in [0.15, 0.2) is 24.3 Å². The number of carbonyl (C=O) groups is 2. The van der Waals surface area contributed by atoms with Crippen molar-refractivity contribution in [2.45, 2.75) is 32.4 Å². The molecule has 30 heavy (non-hydrogen) atoms.